The maximum atomic E-state index is 12.0. The first-order valence-electron chi connectivity index (χ1n) is 7.14. The van der Waals surface area contributed by atoms with Crippen LogP contribution in [0.4, 0.5) is 4.79 Å². The van der Waals surface area contributed by atoms with Gasteiger partial charge < -0.3 is 15.0 Å². The second-order valence-electron chi connectivity index (χ2n) is 6.03. The molecule has 1 atom stereocenters. The Bertz CT molecular complexity index is 261. The maximum Gasteiger partial charge on any atom is 0.410 e. The van der Waals surface area contributed by atoms with E-state index in [0.717, 1.165) is 32.5 Å². The van der Waals surface area contributed by atoms with Crippen molar-refractivity contribution in [1.29, 1.82) is 0 Å². The van der Waals surface area contributed by atoms with Crippen LogP contribution in [0.1, 0.15) is 53.4 Å². The van der Waals surface area contributed by atoms with Crippen LogP contribution in [-0.2, 0) is 4.74 Å². The molecular weight excluding hydrogens is 228 g/mol. The largest absolute Gasteiger partial charge is 0.444 e. The molecular formula is C14H28N2O2. The molecule has 0 saturated carbocycles. The Morgan fingerprint density at radius 1 is 1.44 bits per heavy atom. The highest BCUT2D eigenvalue weighted by atomic mass is 16.6. The molecule has 106 valence electrons. The Kier molecular flexibility index (Phi) is 5.93. The van der Waals surface area contributed by atoms with Crippen LogP contribution in [-0.4, -0.2) is 42.3 Å². The summed E-state index contributed by atoms with van der Waals surface area (Å²) in [5.41, 5.74) is -0.403. The van der Waals surface area contributed by atoms with Gasteiger partial charge >= 0.3 is 6.09 Å². The van der Waals surface area contributed by atoms with Gasteiger partial charge in [-0.25, -0.2) is 4.79 Å². The molecule has 4 heteroatoms. The van der Waals surface area contributed by atoms with Crippen molar-refractivity contribution in [2.75, 3.05) is 19.6 Å². The molecule has 0 radical (unpaired) electrons. The van der Waals surface area contributed by atoms with Crippen molar-refractivity contribution >= 4 is 6.09 Å². The summed E-state index contributed by atoms with van der Waals surface area (Å²) in [7, 11) is 0. The van der Waals surface area contributed by atoms with Crippen LogP contribution in [0.5, 0.6) is 0 Å². The lowest BCUT2D eigenvalue weighted by Gasteiger charge is -2.28. The fraction of sp³-hybridized carbons (Fsp3) is 0.929. The number of nitrogens with one attached hydrogen (secondary N) is 1. The smallest absolute Gasteiger partial charge is 0.410 e. The molecule has 0 aliphatic carbocycles. The standard InChI is InChI=1S/C14H28N2O2/c1-5-6-9-15-11-12-8-7-10-16(12)13(17)18-14(2,3)4/h12,15H,5-11H2,1-4H3/t12-/m0/s1. The van der Waals surface area contributed by atoms with E-state index >= 15 is 0 Å². The van der Waals surface area contributed by atoms with Gasteiger partial charge in [-0.3, -0.25) is 0 Å². The minimum absolute atomic E-state index is 0.165. The summed E-state index contributed by atoms with van der Waals surface area (Å²) < 4.78 is 5.44. The van der Waals surface area contributed by atoms with Crippen molar-refractivity contribution in [3.8, 4) is 0 Å². The lowest BCUT2D eigenvalue weighted by atomic mass is 10.2. The first-order chi connectivity index (χ1) is 8.44. The van der Waals surface area contributed by atoms with Crippen molar-refractivity contribution in [3.05, 3.63) is 0 Å². The second-order valence-corrected chi connectivity index (χ2v) is 6.03. The Labute approximate surface area is 111 Å². The van der Waals surface area contributed by atoms with Gasteiger partial charge in [0.15, 0.2) is 0 Å². The summed E-state index contributed by atoms with van der Waals surface area (Å²) in [4.78, 5) is 13.9. The van der Waals surface area contributed by atoms with Crippen LogP contribution >= 0.6 is 0 Å². The molecule has 1 N–H and O–H groups in total. The lowest BCUT2D eigenvalue weighted by Crippen LogP contribution is -2.44. The van der Waals surface area contributed by atoms with E-state index in [0.29, 0.717) is 6.04 Å². The van der Waals surface area contributed by atoms with Gasteiger partial charge in [-0.05, 0) is 46.6 Å². The maximum absolute atomic E-state index is 12.0. The molecule has 0 bridgehead atoms. The third-order valence-electron chi connectivity index (χ3n) is 3.09. The Morgan fingerprint density at radius 3 is 2.78 bits per heavy atom. The van der Waals surface area contributed by atoms with E-state index in [1.54, 1.807) is 0 Å². The molecule has 0 aromatic carbocycles. The van der Waals surface area contributed by atoms with Crippen LogP contribution in [0.15, 0.2) is 0 Å². The molecule has 0 spiro atoms. The Hall–Kier alpha value is -0.770. The monoisotopic (exact) mass is 256 g/mol. The van der Waals surface area contributed by atoms with Gasteiger partial charge in [0.05, 0.1) is 0 Å². The predicted octanol–water partition coefficient (Wildman–Crippen LogP) is 2.78. The molecule has 1 aliphatic rings. The summed E-state index contributed by atoms with van der Waals surface area (Å²) in [5.74, 6) is 0. The van der Waals surface area contributed by atoms with E-state index in [1.165, 1.54) is 12.8 Å². The van der Waals surface area contributed by atoms with Crippen molar-refractivity contribution in [2.24, 2.45) is 0 Å². The average molecular weight is 256 g/mol. The lowest BCUT2D eigenvalue weighted by molar-refractivity contribution is 0.0226. The van der Waals surface area contributed by atoms with Gasteiger partial charge in [-0.2, -0.15) is 0 Å². The van der Waals surface area contributed by atoms with Crippen molar-refractivity contribution in [2.45, 2.75) is 65.0 Å². The summed E-state index contributed by atoms with van der Waals surface area (Å²) >= 11 is 0. The second kappa shape index (κ2) is 6.98. The number of hydrogen-bond acceptors (Lipinski definition) is 3. The van der Waals surface area contributed by atoms with Gasteiger partial charge in [-0.15, -0.1) is 0 Å². The highest BCUT2D eigenvalue weighted by molar-refractivity contribution is 5.69. The summed E-state index contributed by atoms with van der Waals surface area (Å²) in [6.07, 6.45) is 4.40. The number of likely N-dealkylation sites (tertiary alicyclic amines) is 1. The van der Waals surface area contributed by atoms with Crippen molar-refractivity contribution < 1.29 is 9.53 Å². The third-order valence-corrected chi connectivity index (χ3v) is 3.09. The zero-order valence-corrected chi connectivity index (χ0v) is 12.3. The molecule has 1 amide bonds. The number of carbonyl (C=O) groups is 1. The summed E-state index contributed by atoms with van der Waals surface area (Å²) in [5, 5.41) is 3.43. The number of unbranched alkanes of at least 4 members (excludes halogenated alkanes) is 1. The topological polar surface area (TPSA) is 41.6 Å². The fourth-order valence-corrected chi connectivity index (χ4v) is 2.18. The molecule has 1 heterocycles. The van der Waals surface area contributed by atoms with E-state index in [9.17, 15) is 4.79 Å². The molecule has 0 unspecified atom stereocenters. The van der Waals surface area contributed by atoms with Crippen molar-refractivity contribution in [1.82, 2.24) is 10.2 Å². The van der Waals surface area contributed by atoms with Crippen molar-refractivity contribution in [3.63, 3.8) is 0 Å². The highest BCUT2D eigenvalue weighted by Crippen LogP contribution is 2.20. The molecule has 1 fully saturated rings. The van der Waals surface area contributed by atoms with Crippen LogP contribution in [0.25, 0.3) is 0 Å². The third kappa shape index (κ3) is 5.25. The molecule has 1 saturated heterocycles. The van der Waals surface area contributed by atoms with Crippen LogP contribution in [0, 0.1) is 0 Å². The SMILES string of the molecule is CCCCNC[C@@H]1CCCN1C(=O)OC(C)(C)C. The van der Waals surface area contributed by atoms with Gasteiger partial charge in [0, 0.05) is 19.1 Å². The van der Waals surface area contributed by atoms with Crippen LogP contribution < -0.4 is 5.32 Å². The number of carbonyl (C=O) groups excluding carboxylic acids is 1. The van der Waals surface area contributed by atoms with Crippen LogP contribution in [0.3, 0.4) is 0 Å². The normalized spacial score (nSPS) is 20.2. The van der Waals surface area contributed by atoms with Gasteiger partial charge in [0.2, 0.25) is 0 Å². The number of ether oxygens (including phenoxy) is 1. The zero-order valence-electron chi connectivity index (χ0n) is 12.3. The number of hydrogen-bond donors (Lipinski definition) is 1. The Morgan fingerprint density at radius 2 is 2.17 bits per heavy atom. The summed E-state index contributed by atoms with van der Waals surface area (Å²) in [6, 6.07) is 0.303. The van der Waals surface area contributed by atoms with Crippen LogP contribution in [0.2, 0.25) is 0 Å². The quantitative estimate of drug-likeness (QED) is 0.769. The van der Waals surface area contributed by atoms with E-state index in [4.69, 9.17) is 4.74 Å². The first-order valence-corrected chi connectivity index (χ1v) is 7.14. The highest BCUT2D eigenvalue weighted by Gasteiger charge is 2.31. The van der Waals surface area contributed by atoms with E-state index in [2.05, 4.69) is 12.2 Å². The molecule has 4 nitrogen and oxygen atoms in total. The minimum atomic E-state index is -0.403. The minimum Gasteiger partial charge on any atom is -0.444 e. The molecule has 0 aromatic rings. The molecule has 18 heavy (non-hydrogen) atoms. The number of nitrogens with zero attached hydrogens (tertiary/aromatic N) is 1. The molecule has 0 aromatic heterocycles. The number of rotatable bonds is 5. The number of amides is 1. The van der Waals surface area contributed by atoms with E-state index in [1.807, 2.05) is 25.7 Å². The van der Waals surface area contributed by atoms with E-state index < -0.39 is 5.60 Å². The van der Waals surface area contributed by atoms with Gasteiger partial charge in [0.1, 0.15) is 5.60 Å². The first kappa shape index (κ1) is 15.3. The molecule has 1 rings (SSSR count). The van der Waals surface area contributed by atoms with Gasteiger partial charge in [0.25, 0.3) is 0 Å². The molecule has 1 aliphatic heterocycles. The zero-order chi connectivity index (χ0) is 13.6. The predicted molar refractivity (Wildman–Crippen MR) is 73.7 cm³/mol. The van der Waals surface area contributed by atoms with E-state index in [-0.39, 0.29) is 6.09 Å². The average Bonchev–Trinajstić information content (AvgIpc) is 2.70. The fourth-order valence-electron chi connectivity index (χ4n) is 2.18. The van der Waals surface area contributed by atoms with Gasteiger partial charge in [-0.1, -0.05) is 13.3 Å². The Balaban J connectivity index is 2.36. The summed E-state index contributed by atoms with van der Waals surface area (Å²) in [6.45, 7) is 10.7.